The molecule has 0 N–H and O–H groups in total. The molecule has 2 nitrogen and oxygen atoms in total. The topological polar surface area (TPSA) is 26.3 Å². The van der Waals surface area contributed by atoms with E-state index < -0.39 is 6.10 Å². The Balaban J connectivity index is 2.12. The molecule has 0 aliphatic rings. The van der Waals surface area contributed by atoms with E-state index in [1.54, 1.807) is 11.8 Å². The molecule has 0 aliphatic heterocycles. The van der Waals surface area contributed by atoms with E-state index in [-0.39, 0.29) is 0 Å². The summed E-state index contributed by atoms with van der Waals surface area (Å²) in [4.78, 5) is 12.5. The average Bonchev–Trinajstić information content (AvgIpc) is 2.53. The predicted octanol–water partition coefficient (Wildman–Crippen LogP) is 4.85. The predicted molar refractivity (Wildman–Crippen MR) is 88.2 cm³/mol. The molecule has 0 fully saturated rings. The highest BCUT2D eigenvalue weighted by atomic mass is 32.2. The highest BCUT2D eigenvalue weighted by molar-refractivity contribution is 7.98. The minimum atomic E-state index is -0.564. The number of hydrogen-bond acceptors (Lipinski definition) is 3. The molecular weight excluding hydrogens is 280 g/mol. The number of carbonyl (C=O) groups excluding carboxylic acids is 1. The largest absolute Gasteiger partial charge is 0.478 e. The molecule has 0 bridgehead atoms. The quantitative estimate of drug-likeness (QED) is 0.563. The second-order valence-corrected chi connectivity index (χ2v) is 6.05. The summed E-state index contributed by atoms with van der Waals surface area (Å²) in [5.41, 5.74) is 2.13. The molecule has 110 valence electrons. The lowest BCUT2D eigenvalue weighted by Gasteiger charge is -2.15. The molecule has 1 atom stereocenters. The molecule has 2 rings (SSSR count). The van der Waals surface area contributed by atoms with Crippen LogP contribution in [-0.4, -0.2) is 12.5 Å². The Labute approximate surface area is 130 Å². The van der Waals surface area contributed by atoms with Crippen LogP contribution in [0.2, 0.25) is 0 Å². The van der Waals surface area contributed by atoms with Gasteiger partial charge in [-0.05, 0) is 47.6 Å². The molecule has 0 spiro atoms. The molecular formula is C18H20O2S. The second-order valence-electron chi connectivity index (χ2n) is 5.17. The van der Waals surface area contributed by atoms with Gasteiger partial charge in [-0.15, -0.1) is 11.8 Å². The first-order valence-corrected chi connectivity index (χ1v) is 8.22. The van der Waals surface area contributed by atoms with E-state index in [1.807, 2.05) is 54.8 Å². The van der Waals surface area contributed by atoms with Crippen LogP contribution in [0.15, 0.2) is 53.4 Å². The molecule has 0 saturated heterocycles. The van der Waals surface area contributed by atoms with Crippen molar-refractivity contribution in [2.75, 3.05) is 6.26 Å². The SMILES string of the molecule is CSc1ccc(C(C=O)Oc2ccc(C(C)C)cc2)cc1. The molecule has 1 unspecified atom stereocenters. The minimum Gasteiger partial charge on any atom is -0.478 e. The van der Waals surface area contributed by atoms with Crippen molar-refractivity contribution in [3.63, 3.8) is 0 Å². The first-order valence-electron chi connectivity index (χ1n) is 7.00. The van der Waals surface area contributed by atoms with E-state index in [2.05, 4.69) is 13.8 Å². The Morgan fingerprint density at radius 3 is 2.00 bits per heavy atom. The van der Waals surface area contributed by atoms with Gasteiger partial charge in [-0.2, -0.15) is 0 Å². The lowest BCUT2D eigenvalue weighted by Crippen LogP contribution is -2.08. The van der Waals surface area contributed by atoms with Crippen LogP contribution in [0.4, 0.5) is 0 Å². The van der Waals surface area contributed by atoms with Gasteiger partial charge in [0.15, 0.2) is 12.4 Å². The smallest absolute Gasteiger partial charge is 0.179 e. The van der Waals surface area contributed by atoms with Crippen LogP contribution in [0.25, 0.3) is 0 Å². The fraction of sp³-hybridized carbons (Fsp3) is 0.278. The summed E-state index contributed by atoms with van der Waals surface area (Å²) < 4.78 is 5.78. The van der Waals surface area contributed by atoms with E-state index in [4.69, 9.17) is 4.74 Å². The first-order chi connectivity index (χ1) is 10.1. The zero-order valence-corrected chi connectivity index (χ0v) is 13.4. The summed E-state index contributed by atoms with van der Waals surface area (Å²) in [7, 11) is 0. The van der Waals surface area contributed by atoms with Crippen molar-refractivity contribution in [3.05, 3.63) is 59.7 Å². The normalized spacial score (nSPS) is 12.2. The summed E-state index contributed by atoms with van der Waals surface area (Å²) >= 11 is 1.68. The third kappa shape index (κ3) is 4.11. The van der Waals surface area contributed by atoms with Gasteiger partial charge < -0.3 is 4.74 Å². The first kappa shape index (κ1) is 15.6. The van der Waals surface area contributed by atoms with Crippen LogP contribution in [-0.2, 0) is 4.79 Å². The molecule has 0 saturated carbocycles. The fourth-order valence-corrected chi connectivity index (χ4v) is 2.45. The summed E-state index contributed by atoms with van der Waals surface area (Å²) in [6.07, 6.45) is 2.30. The van der Waals surface area contributed by atoms with Crippen molar-refractivity contribution >= 4 is 18.0 Å². The fourth-order valence-electron chi connectivity index (χ4n) is 2.05. The zero-order chi connectivity index (χ0) is 15.2. The average molecular weight is 300 g/mol. The molecule has 2 aromatic carbocycles. The maximum atomic E-state index is 11.3. The highest BCUT2D eigenvalue weighted by Gasteiger charge is 2.12. The van der Waals surface area contributed by atoms with Crippen molar-refractivity contribution in [2.45, 2.75) is 30.8 Å². The summed E-state index contributed by atoms with van der Waals surface area (Å²) in [5, 5.41) is 0. The molecule has 0 aromatic heterocycles. The van der Waals surface area contributed by atoms with Crippen LogP contribution in [0, 0.1) is 0 Å². The molecule has 0 amide bonds. The van der Waals surface area contributed by atoms with Gasteiger partial charge in [-0.3, -0.25) is 4.79 Å². The Morgan fingerprint density at radius 2 is 1.52 bits per heavy atom. The lowest BCUT2D eigenvalue weighted by atomic mass is 10.0. The Bertz CT molecular complexity index is 573. The van der Waals surface area contributed by atoms with Gasteiger partial charge in [0.25, 0.3) is 0 Å². The summed E-state index contributed by atoms with van der Waals surface area (Å²) in [6.45, 7) is 4.30. The maximum Gasteiger partial charge on any atom is 0.179 e. The molecule has 0 aliphatic carbocycles. The number of thioether (sulfide) groups is 1. The number of carbonyl (C=O) groups is 1. The third-order valence-electron chi connectivity index (χ3n) is 3.38. The van der Waals surface area contributed by atoms with Crippen molar-refractivity contribution < 1.29 is 9.53 Å². The van der Waals surface area contributed by atoms with Crippen LogP contribution < -0.4 is 4.74 Å². The second kappa shape index (κ2) is 7.32. The number of aldehydes is 1. The zero-order valence-electron chi connectivity index (χ0n) is 12.6. The Hall–Kier alpha value is -1.74. The van der Waals surface area contributed by atoms with Gasteiger partial charge in [-0.25, -0.2) is 0 Å². The Morgan fingerprint density at radius 1 is 0.952 bits per heavy atom. The number of hydrogen-bond donors (Lipinski definition) is 0. The van der Waals surface area contributed by atoms with Crippen molar-refractivity contribution in [2.24, 2.45) is 0 Å². The number of benzene rings is 2. The van der Waals surface area contributed by atoms with Crippen molar-refractivity contribution in [1.82, 2.24) is 0 Å². The number of rotatable bonds is 6. The molecule has 2 aromatic rings. The van der Waals surface area contributed by atoms with E-state index >= 15 is 0 Å². The van der Waals surface area contributed by atoms with Crippen LogP contribution >= 0.6 is 11.8 Å². The van der Waals surface area contributed by atoms with Gasteiger partial charge >= 0.3 is 0 Å². The molecule has 0 radical (unpaired) electrons. The Kier molecular flexibility index (Phi) is 5.45. The van der Waals surface area contributed by atoms with Gasteiger partial charge in [-0.1, -0.05) is 38.1 Å². The van der Waals surface area contributed by atoms with E-state index in [0.29, 0.717) is 11.7 Å². The summed E-state index contributed by atoms with van der Waals surface area (Å²) in [6, 6.07) is 15.8. The number of ether oxygens (including phenoxy) is 1. The third-order valence-corrected chi connectivity index (χ3v) is 4.12. The molecule has 3 heteroatoms. The van der Waals surface area contributed by atoms with Gasteiger partial charge in [0, 0.05) is 4.90 Å². The van der Waals surface area contributed by atoms with E-state index in [9.17, 15) is 4.79 Å². The highest BCUT2D eigenvalue weighted by Crippen LogP contribution is 2.24. The van der Waals surface area contributed by atoms with Gasteiger partial charge in [0.05, 0.1) is 0 Å². The van der Waals surface area contributed by atoms with E-state index in [1.165, 1.54) is 10.5 Å². The summed E-state index contributed by atoms with van der Waals surface area (Å²) in [5.74, 6) is 1.20. The van der Waals surface area contributed by atoms with E-state index in [0.717, 1.165) is 11.8 Å². The minimum absolute atomic E-state index is 0.486. The molecule has 0 heterocycles. The van der Waals surface area contributed by atoms with Gasteiger partial charge in [0.1, 0.15) is 5.75 Å². The lowest BCUT2D eigenvalue weighted by molar-refractivity contribution is -0.113. The van der Waals surface area contributed by atoms with Gasteiger partial charge in [0.2, 0.25) is 0 Å². The standard InChI is InChI=1S/C18H20O2S/c1-13(2)14-4-8-16(9-5-14)20-18(12-19)15-6-10-17(21-3)11-7-15/h4-13,18H,1-3H3. The van der Waals surface area contributed by atoms with Crippen molar-refractivity contribution in [1.29, 1.82) is 0 Å². The van der Waals surface area contributed by atoms with Crippen LogP contribution in [0.3, 0.4) is 0 Å². The van der Waals surface area contributed by atoms with Crippen LogP contribution in [0.1, 0.15) is 37.0 Å². The maximum absolute atomic E-state index is 11.3. The van der Waals surface area contributed by atoms with Crippen LogP contribution in [0.5, 0.6) is 5.75 Å². The molecule has 21 heavy (non-hydrogen) atoms. The monoisotopic (exact) mass is 300 g/mol. The van der Waals surface area contributed by atoms with Crippen molar-refractivity contribution in [3.8, 4) is 5.75 Å².